The fourth-order valence-electron chi connectivity index (χ4n) is 2.53. The Labute approximate surface area is 125 Å². The van der Waals surface area contributed by atoms with Crippen LogP contribution in [0.3, 0.4) is 0 Å². The van der Waals surface area contributed by atoms with Crippen molar-refractivity contribution >= 4 is 11.6 Å². The molecule has 0 bridgehead atoms. The SMILES string of the molecule is CCc1cc(CC)n(C(c2cccc(Cl)c2)C(C)N)n1. The van der Waals surface area contributed by atoms with Crippen LogP contribution in [0.5, 0.6) is 0 Å². The molecule has 0 saturated heterocycles. The molecule has 4 heteroatoms. The number of nitrogens with two attached hydrogens (primary N) is 1. The van der Waals surface area contributed by atoms with Gasteiger partial charge in [0.15, 0.2) is 0 Å². The lowest BCUT2D eigenvalue weighted by Crippen LogP contribution is -2.32. The molecule has 2 atom stereocenters. The van der Waals surface area contributed by atoms with Crippen LogP contribution in [-0.4, -0.2) is 15.8 Å². The molecule has 1 aromatic carbocycles. The molecule has 0 aliphatic rings. The third-order valence-electron chi connectivity index (χ3n) is 3.54. The third-order valence-corrected chi connectivity index (χ3v) is 3.77. The Morgan fingerprint density at radius 1 is 1.25 bits per heavy atom. The summed E-state index contributed by atoms with van der Waals surface area (Å²) < 4.78 is 2.06. The van der Waals surface area contributed by atoms with Gasteiger partial charge in [0.2, 0.25) is 0 Å². The predicted molar refractivity (Wildman–Crippen MR) is 84.2 cm³/mol. The first kappa shape index (κ1) is 15.1. The molecule has 108 valence electrons. The monoisotopic (exact) mass is 291 g/mol. The number of rotatable bonds is 5. The zero-order chi connectivity index (χ0) is 14.7. The molecule has 3 nitrogen and oxygen atoms in total. The Morgan fingerprint density at radius 3 is 2.55 bits per heavy atom. The molecule has 0 fully saturated rings. The van der Waals surface area contributed by atoms with E-state index in [9.17, 15) is 0 Å². The van der Waals surface area contributed by atoms with Gasteiger partial charge in [-0.25, -0.2) is 0 Å². The molecule has 0 amide bonds. The van der Waals surface area contributed by atoms with Crippen molar-refractivity contribution in [1.29, 1.82) is 0 Å². The van der Waals surface area contributed by atoms with Crippen molar-refractivity contribution in [3.63, 3.8) is 0 Å². The Morgan fingerprint density at radius 2 is 2.00 bits per heavy atom. The largest absolute Gasteiger partial charge is 0.326 e. The molecular formula is C16H22ClN3. The molecule has 20 heavy (non-hydrogen) atoms. The highest BCUT2D eigenvalue weighted by Crippen LogP contribution is 2.25. The van der Waals surface area contributed by atoms with Gasteiger partial charge in [-0.1, -0.05) is 37.6 Å². The highest BCUT2D eigenvalue weighted by molar-refractivity contribution is 6.30. The lowest BCUT2D eigenvalue weighted by Gasteiger charge is -2.24. The second-order valence-corrected chi connectivity index (χ2v) is 5.57. The molecular weight excluding hydrogens is 270 g/mol. The molecule has 0 saturated carbocycles. The van der Waals surface area contributed by atoms with Crippen LogP contribution in [0, 0.1) is 0 Å². The maximum atomic E-state index is 6.22. The van der Waals surface area contributed by atoms with E-state index >= 15 is 0 Å². The molecule has 1 aromatic heterocycles. The standard InChI is InChI=1S/C16H22ClN3/c1-4-14-10-15(5-2)20(19-14)16(11(3)18)12-7-6-8-13(17)9-12/h6-11,16H,4-5,18H2,1-3H3. The molecule has 2 rings (SSSR count). The van der Waals surface area contributed by atoms with E-state index in [0.29, 0.717) is 0 Å². The van der Waals surface area contributed by atoms with E-state index in [2.05, 4.69) is 30.7 Å². The normalized spacial score (nSPS) is 14.2. The van der Waals surface area contributed by atoms with Crippen LogP contribution in [-0.2, 0) is 12.8 Å². The predicted octanol–water partition coefficient (Wildman–Crippen LogP) is 3.60. The first-order valence-electron chi connectivity index (χ1n) is 7.15. The Balaban J connectivity index is 2.51. The Kier molecular flexibility index (Phi) is 4.84. The van der Waals surface area contributed by atoms with Crippen molar-refractivity contribution in [2.24, 2.45) is 5.73 Å². The minimum atomic E-state index is -0.0385. The average molecular weight is 292 g/mol. The summed E-state index contributed by atoms with van der Waals surface area (Å²) >= 11 is 6.12. The van der Waals surface area contributed by atoms with Gasteiger partial charge in [0.1, 0.15) is 0 Å². The van der Waals surface area contributed by atoms with Crippen molar-refractivity contribution in [2.75, 3.05) is 0 Å². The lowest BCUT2D eigenvalue weighted by molar-refractivity contribution is 0.438. The zero-order valence-corrected chi connectivity index (χ0v) is 13.1. The fourth-order valence-corrected chi connectivity index (χ4v) is 2.72. The van der Waals surface area contributed by atoms with Crippen molar-refractivity contribution in [2.45, 2.75) is 45.7 Å². The molecule has 1 heterocycles. The summed E-state index contributed by atoms with van der Waals surface area (Å²) in [7, 11) is 0. The van der Waals surface area contributed by atoms with Crippen molar-refractivity contribution in [3.8, 4) is 0 Å². The first-order chi connectivity index (χ1) is 9.56. The van der Waals surface area contributed by atoms with E-state index in [-0.39, 0.29) is 12.1 Å². The fraction of sp³-hybridized carbons (Fsp3) is 0.438. The van der Waals surface area contributed by atoms with Gasteiger partial charge in [-0.2, -0.15) is 5.10 Å². The smallest absolute Gasteiger partial charge is 0.0920 e. The molecule has 0 aliphatic carbocycles. The van der Waals surface area contributed by atoms with Crippen LogP contribution in [0.2, 0.25) is 5.02 Å². The van der Waals surface area contributed by atoms with Gasteiger partial charge in [-0.15, -0.1) is 0 Å². The van der Waals surface area contributed by atoms with Crippen molar-refractivity contribution in [3.05, 3.63) is 52.3 Å². The van der Waals surface area contributed by atoms with Gasteiger partial charge in [0.25, 0.3) is 0 Å². The second-order valence-electron chi connectivity index (χ2n) is 5.14. The van der Waals surface area contributed by atoms with Gasteiger partial charge >= 0.3 is 0 Å². The van der Waals surface area contributed by atoms with E-state index in [1.165, 1.54) is 5.69 Å². The van der Waals surface area contributed by atoms with Crippen molar-refractivity contribution < 1.29 is 0 Å². The lowest BCUT2D eigenvalue weighted by atomic mass is 10.0. The van der Waals surface area contributed by atoms with Crippen LogP contribution in [0.15, 0.2) is 30.3 Å². The van der Waals surface area contributed by atoms with Gasteiger partial charge in [0.05, 0.1) is 11.7 Å². The van der Waals surface area contributed by atoms with Gasteiger partial charge in [-0.3, -0.25) is 4.68 Å². The maximum absolute atomic E-state index is 6.22. The highest BCUT2D eigenvalue weighted by Gasteiger charge is 2.22. The van der Waals surface area contributed by atoms with Gasteiger partial charge in [0, 0.05) is 16.8 Å². The van der Waals surface area contributed by atoms with Crippen LogP contribution in [0.4, 0.5) is 0 Å². The molecule has 0 spiro atoms. The summed E-state index contributed by atoms with van der Waals surface area (Å²) in [5.74, 6) is 0. The number of aryl methyl sites for hydroxylation is 2. The van der Waals surface area contributed by atoms with Crippen LogP contribution < -0.4 is 5.73 Å². The number of halogens is 1. The highest BCUT2D eigenvalue weighted by atomic mass is 35.5. The zero-order valence-electron chi connectivity index (χ0n) is 12.3. The summed E-state index contributed by atoms with van der Waals surface area (Å²) in [6.45, 7) is 6.27. The third kappa shape index (κ3) is 3.05. The molecule has 2 unspecified atom stereocenters. The van der Waals surface area contributed by atoms with E-state index in [4.69, 9.17) is 22.4 Å². The molecule has 0 radical (unpaired) electrons. The summed E-state index contributed by atoms with van der Waals surface area (Å²) in [4.78, 5) is 0. The number of benzene rings is 1. The molecule has 0 aliphatic heterocycles. The molecule has 2 N–H and O–H groups in total. The summed E-state index contributed by atoms with van der Waals surface area (Å²) in [5, 5.41) is 5.45. The quantitative estimate of drug-likeness (QED) is 0.915. The van der Waals surface area contributed by atoms with E-state index < -0.39 is 0 Å². The number of hydrogen-bond donors (Lipinski definition) is 1. The summed E-state index contributed by atoms with van der Waals surface area (Å²) in [5.41, 5.74) is 9.64. The Hall–Kier alpha value is -1.32. The van der Waals surface area contributed by atoms with Gasteiger partial charge in [-0.05, 0) is 43.5 Å². The maximum Gasteiger partial charge on any atom is 0.0920 e. The topological polar surface area (TPSA) is 43.8 Å². The summed E-state index contributed by atoms with van der Waals surface area (Å²) in [6.07, 6.45) is 1.87. The van der Waals surface area contributed by atoms with Crippen LogP contribution in [0.25, 0.3) is 0 Å². The van der Waals surface area contributed by atoms with Crippen LogP contribution in [0.1, 0.15) is 43.8 Å². The van der Waals surface area contributed by atoms with E-state index in [1.54, 1.807) is 0 Å². The van der Waals surface area contributed by atoms with Crippen LogP contribution >= 0.6 is 11.6 Å². The first-order valence-corrected chi connectivity index (χ1v) is 7.53. The second kappa shape index (κ2) is 6.42. The molecule has 2 aromatic rings. The Bertz CT molecular complexity index is 575. The van der Waals surface area contributed by atoms with Gasteiger partial charge < -0.3 is 5.73 Å². The average Bonchev–Trinajstić information content (AvgIpc) is 2.81. The van der Waals surface area contributed by atoms with Crippen molar-refractivity contribution in [1.82, 2.24) is 9.78 Å². The number of aromatic nitrogens is 2. The minimum Gasteiger partial charge on any atom is -0.326 e. The summed E-state index contributed by atoms with van der Waals surface area (Å²) in [6, 6.07) is 10.0. The van der Waals surface area contributed by atoms with E-state index in [0.717, 1.165) is 29.1 Å². The number of nitrogens with zero attached hydrogens (tertiary/aromatic N) is 2. The minimum absolute atomic E-state index is 0.0175. The van der Waals surface area contributed by atoms with E-state index in [1.807, 2.05) is 25.1 Å². The number of hydrogen-bond acceptors (Lipinski definition) is 2.